The monoisotopic (exact) mass is 277 g/mol. The highest BCUT2D eigenvalue weighted by atomic mass is 15.2. The second-order valence-electron chi connectivity index (χ2n) is 5.63. The van der Waals surface area contributed by atoms with Crippen molar-refractivity contribution in [2.24, 2.45) is 0 Å². The van der Waals surface area contributed by atoms with Gasteiger partial charge in [0.25, 0.3) is 0 Å². The number of hydrogen-bond acceptors (Lipinski definition) is 3. The van der Waals surface area contributed by atoms with Gasteiger partial charge in [-0.2, -0.15) is 0 Å². The molecule has 0 fully saturated rings. The van der Waals surface area contributed by atoms with Crippen molar-refractivity contribution < 1.29 is 0 Å². The van der Waals surface area contributed by atoms with Crippen LogP contribution < -0.4 is 10.2 Å². The topological polar surface area (TPSA) is 28.2 Å². The molecule has 0 atom stereocenters. The smallest absolute Gasteiger partial charge is 0.129 e. The first kappa shape index (κ1) is 17.0. The van der Waals surface area contributed by atoms with Gasteiger partial charge in [-0.05, 0) is 43.5 Å². The summed E-state index contributed by atoms with van der Waals surface area (Å²) in [5.41, 5.74) is 2.54. The van der Waals surface area contributed by atoms with Crippen LogP contribution in [0, 0.1) is 0 Å². The fourth-order valence-corrected chi connectivity index (χ4v) is 2.21. The van der Waals surface area contributed by atoms with Crippen LogP contribution >= 0.6 is 0 Å². The van der Waals surface area contributed by atoms with E-state index in [0.29, 0.717) is 5.92 Å². The summed E-state index contributed by atoms with van der Waals surface area (Å²) in [4.78, 5) is 7.26. The molecule has 114 valence electrons. The summed E-state index contributed by atoms with van der Waals surface area (Å²) < 4.78 is 0. The van der Waals surface area contributed by atoms with Crippen molar-refractivity contribution in [3.63, 3.8) is 0 Å². The molecule has 1 rings (SSSR count). The van der Waals surface area contributed by atoms with Crippen LogP contribution in [-0.4, -0.2) is 24.6 Å². The van der Waals surface area contributed by atoms with E-state index < -0.39 is 0 Å². The third-order valence-electron chi connectivity index (χ3n) is 3.55. The van der Waals surface area contributed by atoms with Crippen molar-refractivity contribution in [3.8, 4) is 0 Å². The molecule has 1 aromatic heterocycles. The van der Waals surface area contributed by atoms with Crippen molar-refractivity contribution in [2.75, 3.05) is 24.5 Å². The summed E-state index contributed by atoms with van der Waals surface area (Å²) in [5, 5.41) is 3.41. The van der Waals surface area contributed by atoms with Gasteiger partial charge >= 0.3 is 0 Å². The van der Waals surface area contributed by atoms with Crippen molar-refractivity contribution in [1.29, 1.82) is 0 Å². The lowest BCUT2D eigenvalue weighted by molar-refractivity contribution is 0.703. The molecule has 0 spiro atoms. The number of hydrogen-bond donors (Lipinski definition) is 1. The summed E-state index contributed by atoms with van der Waals surface area (Å²) >= 11 is 0. The first-order chi connectivity index (χ1) is 9.62. The average molecular weight is 277 g/mol. The van der Waals surface area contributed by atoms with Crippen molar-refractivity contribution >= 4 is 5.82 Å². The SMILES string of the molecule is CCCCN(CC)c1cc(CNCC)cc(C(C)C)n1. The zero-order valence-electron chi connectivity index (χ0n) is 13.9. The molecule has 0 unspecified atom stereocenters. The standard InChI is InChI=1S/C17H31N3/c1-6-9-10-20(8-3)17-12-15(13-18-7-2)11-16(19-17)14(4)5/h11-12,14,18H,6-10,13H2,1-5H3. The van der Waals surface area contributed by atoms with E-state index in [4.69, 9.17) is 4.98 Å². The summed E-state index contributed by atoms with van der Waals surface area (Å²) in [7, 11) is 0. The lowest BCUT2D eigenvalue weighted by Crippen LogP contribution is -2.25. The maximum absolute atomic E-state index is 4.86. The van der Waals surface area contributed by atoms with E-state index in [1.54, 1.807) is 0 Å². The Labute approximate surface area is 124 Å². The highest BCUT2D eigenvalue weighted by molar-refractivity contribution is 5.43. The molecule has 1 aromatic rings. The predicted molar refractivity (Wildman–Crippen MR) is 88.5 cm³/mol. The lowest BCUT2D eigenvalue weighted by atomic mass is 10.1. The van der Waals surface area contributed by atoms with E-state index in [1.807, 2.05) is 0 Å². The van der Waals surface area contributed by atoms with Crippen LogP contribution in [0.3, 0.4) is 0 Å². The van der Waals surface area contributed by atoms with Crippen LogP contribution in [0.5, 0.6) is 0 Å². The van der Waals surface area contributed by atoms with Crippen LogP contribution in [0.2, 0.25) is 0 Å². The predicted octanol–water partition coefficient (Wildman–Crippen LogP) is 3.94. The van der Waals surface area contributed by atoms with Gasteiger partial charge in [0.05, 0.1) is 0 Å². The number of pyridine rings is 1. The molecular formula is C17H31N3. The molecular weight excluding hydrogens is 246 g/mol. The van der Waals surface area contributed by atoms with Crippen LogP contribution in [0.25, 0.3) is 0 Å². The van der Waals surface area contributed by atoms with Crippen LogP contribution in [-0.2, 0) is 6.54 Å². The Bertz CT molecular complexity index is 388. The Morgan fingerprint density at radius 2 is 1.95 bits per heavy atom. The molecule has 3 nitrogen and oxygen atoms in total. The summed E-state index contributed by atoms with van der Waals surface area (Å²) in [6.45, 7) is 15.1. The van der Waals surface area contributed by atoms with Crippen molar-refractivity contribution in [1.82, 2.24) is 10.3 Å². The fraction of sp³-hybridized carbons (Fsp3) is 0.706. The maximum Gasteiger partial charge on any atom is 0.129 e. The van der Waals surface area contributed by atoms with E-state index in [-0.39, 0.29) is 0 Å². The van der Waals surface area contributed by atoms with Gasteiger partial charge in [-0.1, -0.05) is 34.1 Å². The molecule has 0 bridgehead atoms. The normalized spacial score (nSPS) is 11.1. The van der Waals surface area contributed by atoms with Crippen LogP contribution in [0.4, 0.5) is 5.82 Å². The molecule has 0 saturated carbocycles. The summed E-state index contributed by atoms with van der Waals surface area (Å²) in [6.07, 6.45) is 2.45. The molecule has 1 N–H and O–H groups in total. The van der Waals surface area contributed by atoms with E-state index in [2.05, 4.69) is 57.0 Å². The van der Waals surface area contributed by atoms with Crippen LogP contribution in [0.1, 0.15) is 64.6 Å². The van der Waals surface area contributed by atoms with Gasteiger partial charge in [0.1, 0.15) is 5.82 Å². The first-order valence-corrected chi connectivity index (χ1v) is 8.08. The van der Waals surface area contributed by atoms with Crippen molar-refractivity contribution in [2.45, 2.75) is 59.9 Å². The number of nitrogens with zero attached hydrogens (tertiary/aromatic N) is 2. The Morgan fingerprint density at radius 3 is 2.50 bits per heavy atom. The van der Waals surface area contributed by atoms with Gasteiger partial charge < -0.3 is 10.2 Å². The fourth-order valence-electron chi connectivity index (χ4n) is 2.21. The third-order valence-corrected chi connectivity index (χ3v) is 3.55. The Kier molecular flexibility index (Phi) is 7.60. The molecule has 0 radical (unpaired) electrons. The zero-order chi connectivity index (χ0) is 15.0. The molecule has 0 saturated heterocycles. The molecule has 0 aliphatic carbocycles. The van der Waals surface area contributed by atoms with Crippen LogP contribution in [0.15, 0.2) is 12.1 Å². The van der Waals surface area contributed by atoms with Crippen molar-refractivity contribution in [3.05, 3.63) is 23.4 Å². The van der Waals surface area contributed by atoms with Gasteiger partial charge in [-0.15, -0.1) is 0 Å². The average Bonchev–Trinajstić information content (AvgIpc) is 2.45. The van der Waals surface area contributed by atoms with E-state index in [9.17, 15) is 0 Å². The molecule has 0 aliphatic rings. The minimum Gasteiger partial charge on any atom is -0.357 e. The highest BCUT2D eigenvalue weighted by Gasteiger charge is 2.10. The molecule has 0 amide bonds. The molecule has 0 aliphatic heterocycles. The Hall–Kier alpha value is -1.09. The first-order valence-electron chi connectivity index (χ1n) is 8.08. The van der Waals surface area contributed by atoms with E-state index in [0.717, 1.165) is 32.0 Å². The minimum absolute atomic E-state index is 0.472. The van der Waals surface area contributed by atoms with Gasteiger partial charge in [0.2, 0.25) is 0 Å². The minimum atomic E-state index is 0.472. The van der Waals surface area contributed by atoms with Gasteiger partial charge in [-0.25, -0.2) is 4.98 Å². The third kappa shape index (κ3) is 5.12. The van der Waals surface area contributed by atoms with E-state index >= 15 is 0 Å². The van der Waals surface area contributed by atoms with Gasteiger partial charge in [-0.3, -0.25) is 0 Å². The lowest BCUT2D eigenvalue weighted by Gasteiger charge is -2.24. The summed E-state index contributed by atoms with van der Waals surface area (Å²) in [5.74, 6) is 1.61. The second kappa shape index (κ2) is 8.96. The number of unbranched alkanes of at least 4 members (excludes halogenated alkanes) is 1. The molecule has 0 aromatic carbocycles. The summed E-state index contributed by atoms with van der Waals surface area (Å²) in [6, 6.07) is 4.48. The molecule has 3 heteroatoms. The number of anilines is 1. The van der Waals surface area contributed by atoms with Gasteiger partial charge in [0.15, 0.2) is 0 Å². The quantitative estimate of drug-likeness (QED) is 0.741. The number of nitrogens with one attached hydrogen (secondary N) is 1. The number of rotatable bonds is 9. The Balaban J connectivity index is 2.99. The molecule has 20 heavy (non-hydrogen) atoms. The van der Waals surface area contributed by atoms with E-state index in [1.165, 1.54) is 24.1 Å². The number of aromatic nitrogens is 1. The largest absolute Gasteiger partial charge is 0.357 e. The zero-order valence-corrected chi connectivity index (χ0v) is 13.9. The maximum atomic E-state index is 4.86. The Morgan fingerprint density at radius 1 is 1.20 bits per heavy atom. The van der Waals surface area contributed by atoms with Gasteiger partial charge in [0, 0.05) is 25.3 Å². The highest BCUT2D eigenvalue weighted by Crippen LogP contribution is 2.20. The molecule has 1 heterocycles. The second-order valence-corrected chi connectivity index (χ2v) is 5.63.